The second-order valence-electron chi connectivity index (χ2n) is 9.43. The molecule has 3 aromatic rings. The average Bonchev–Trinajstić information content (AvgIpc) is 3.31. The number of nitrogens with zero attached hydrogens (tertiary/aromatic N) is 2. The van der Waals surface area contributed by atoms with E-state index in [9.17, 15) is 4.79 Å². The molecule has 0 amide bonds. The van der Waals surface area contributed by atoms with Gasteiger partial charge in [0.2, 0.25) is 0 Å². The summed E-state index contributed by atoms with van der Waals surface area (Å²) in [4.78, 5) is 14.0. The van der Waals surface area contributed by atoms with Crippen molar-refractivity contribution in [1.82, 2.24) is 9.78 Å². The lowest BCUT2D eigenvalue weighted by Crippen LogP contribution is -2.41. The van der Waals surface area contributed by atoms with Crippen LogP contribution in [-0.4, -0.2) is 30.5 Å². The summed E-state index contributed by atoms with van der Waals surface area (Å²) in [7, 11) is -1.79. The summed E-state index contributed by atoms with van der Waals surface area (Å²) in [6.07, 6.45) is 1.13. The summed E-state index contributed by atoms with van der Waals surface area (Å²) in [6, 6.07) is 11.5. The van der Waals surface area contributed by atoms with Crippen molar-refractivity contribution in [2.75, 3.05) is 6.61 Å². The van der Waals surface area contributed by atoms with Gasteiger partial charge in [-0.25, -0.2) is 4.68 Å². The van der Waals surface area contributed by atoms with Crippen molar-refractivity contribution in [2.24, 2.45) is 0 Å². The number of carbonyl (C=O) groups excluding carboxylic acids is 1. The van der Waals surface area contributed by atoms with Gasteiger partial charge in [-0.05, 0) is 78.8 Å². The van der Waals surface area contributed by atoms with Crippen LogP contribution >= 0.6 is 22.9 Å². The predicted molar refractivity (Wildman–Crippen MR) is 133 cm³/mol. The molecular formula is C24H31ClN2O2SSi. The van der Waals surface area contributed by atoms with Gasteiger partial charge in [-0.15, -0.1) is 11.3 Å². The maximum Gasteiger partial charge on any atom is 0.191 e. The van der Waals surface area contributed by atoms with E-state index in [0.717, 1.165) is 16.3 Å². The van der Waals surface area contributed by atoms with Crippen LogP contribution in [0.15, 0.2) is 41.8 Å². The molecule has 1 aromatic carbocycles. The summed E-state index contributed by atoms with van der Waals surface area (Å²) in [5, 5.41) is 7.60. The summed E-state index contributed by atoms with van der Waals surface area (Å²) in [5.74, 6) is 0.0427. The molecule has 0 atom stereocenters. The van der Waals surface area contributed by atoms with E-state index in [4.69, 9.17) is 16.0 Å². The number of carbonyl (C=O) groups is 1. The number of ketones is 1. The van der Waals surface area contributed by atoms with E-state index < -0.39 is 8.32 Å². The largest absolute Gasteiger partial charge is 0.417 e. The number of hydrogen-bond donors (Lipinski definition) is 0. The van der Waals surface area contributed by atoms with Crippen molar-refractivity contribution < 1.29 is 9.22 Å². The molecule has 7 heteroatoms. The Morgan fingerprint density at radius 2 is 1.87 bits per heavy atom. The highest BCUT2D eigenvalue weighted by Gasteiger charge is 2.36. The number of Topliss-reactive ketones (excluding diaryl/α,β-unsaturated/α-hetero) is 1. The maximum absolute atomic E-state index is 12.9. The van der Waals surface area contributed by atoms with Gasteiger partial charge in [-0.1, -0.05) is 32.4 Å². The second kappa shape index (κ2) is 9.41. The van der Waals surface area contributed by atoms with E-state index in [1.54, 1.807) is 11.3 Å². The lowest BCUT2D eigenvalue weighted by molar-refractivity contribution is 0.0967. The van der Waals surface area contributed by atoms with Crippen LogP contribution in [0, 0.1) is 6.92 Å². The molecule has 2 heterocycles. The first-order chi connectivity index (χ1) is 14.5. The third-order valence-corrected chi connectivity index (χ3v) is 11.7. The number of aryl methyl sites for hydroxylation is 1. The minimum atomic E-state index is -1.79. The van der Waals surface area contributed by atoms with E-state index in [2.05, 4.69) is 57.3 Å². The van der Waals surface area contributed by atoms with E-state index in [1.165, 1.54) is 5.56 Å². The molecule has 0 unspecified atom stereocenters. The van der Waals surface area contributed by atoms with Gasteiger partial charge in [0.1, 0.15) is 5.69 Å². The quantitative estimate of drug-likeness (QED) is 0.192. The Morgan fingerprint density at radius 1 is 1.19 bits per heavy atom. The van der Waals surface area contributed by atoms with Gasteiger partial charge in [0.05, 0.1) is 16.3 Å². The van der Waals surface area contributed by atoms with Gasteiger partial charge in [0.25, 0.3) is 0 Å². The normalized spacial score (nSPS) is 12.4. The van der Waals surface area contributed by atoms with Crippen molar-refractivity contribution in [3.8, 4) is 16.3 Å². The zero-order valence-electron chi connectivity index (χ0n) is 19.2. The first-order valence-corrected chi connectivity index (χ1v) is 14.7. The molecule has 2 aromatic heterocycles. The molecule has 0 spiro atoms. The fraction of sp³-hybridized carbons (Fsp3) is 0.417. The van der Waals surface area contributed by atoms with Crippen LogP contribution in [-0.2, 0) is 4.43 Å². The van der Waals surface area contributed by atoms with E-state index in [1.807, 2.05) is 35.0 Å². The van der Waals surface area contributed by atoms with Crippen molar-refractivity contribution in [2.45, 2.75) is 58.7 Å². The van der Waals surface area contributed by atoms with Crippen LogP contribution in [0.3, 0.4) is 0 Å². The monoisotopic (exact) mass is 474 g/mol. The van der Waals surface area contributed by atoms with Crippen molar-refractivity contribution in [3.05, 3.63) is 58.1 Å². The molecule has 31 heavy (non-hydrogen) atoms. The molecule has 0 aliphatic rings. The molecule has 0 aliphatic heterocycles. The molecular weight excluding hydrogens is 444 g/mol. The van der Waals surface area contributed by atoms with Crippen molar-refractivity contribution in [1.29, 1.82) is 0 Å². The average molecular weight is 475 g/mol. The Labute approximate surface area is 195 Å². The summed E-state index contributed by atoms with van der Waals surface area (Å²) >= 11 is 7.71. The molecule has 0 N–H and O–H groups in total. The van der Waals surface area contributed by atoms with Gasteiger partial charge in [0, 0.05) is 18.1 Å². The fourth-order valence-electron chi connectivity index (χ4n) is 2.94. The third-order valence-electron chi connectivity index (χ3n) is 5.87. The van der Waals surface area contributed by atoms with Crippen molar-refractivity contribution in [3.63, 3.8) is 0 Å². The molecule has 3 rings (SSSR count). The van der Waals surface area contributed by atoms with E-state index in [0.29, 0.717) is 30.2 Å². The smallest absolute Gasteiger partial charge is 0.191 e. The van der Waals surface area contributed by atoms with Crippen LogP contribution in [0.4, 0.5) is 0 Å². The number of aromatic nitrogens is 2. The number of rotatable bonds is 8. The Balaban J connectivity index is 1.77. The summed E-state index contributed by atoms with van der Waals surface area (Å²) in [6.45, 7) is 13.8. The number of halogens is 1. The minimum Gasteiger partial charge on any atom is -0.417 e. The number of hydrogen-bond acceptors (Lipinski definition) is 4. The van der Waals surface area contributed by atoms with Crippen LogP contribution < -0.4 is 0 Å². The van der Waals surface area contributed by atoms with Crippen LogP contribution in [0.1, 0.15) is 49.7 Å². The van der Waals surface area contributed by atoms with Crippen LogP contribution in [0.5, 0.6) is 0 Å². The van der Waals surface area contributed by atoms with Gasteiger partial charge >= 0.3 is 0 Å². The standard InChI is InChI=1S/C24H31ClN2O2SSi/c1-17-14-23(30-16-17)21-15-20(26-27(21)19-11-9-18(25)10-12-19)22(28)8-7-13-29-31(5,6)24(2,3)4/h9-12,14-16H,7-8,13H2,1-6H3. The van der Waals surface area contributed by atoms with Crippen LogP contribution in [0.2, 0.25) is 23.2 Å². The lowest BCUT2D eigenvalue weighted by atomic mass is 10.1. The Kier molecular flexibility index (Phi) is 7.26. The molecule has 0 aliphatic carbocycles. The van der Waals surface area contributed by atoms with Crippen molar-refractivity contribution >= 4 is 37.0 Å². The molecule has 4 nitrogen and oxygen atoms in total. The second-order valence-corrected chi connectivity index (χ2v) is 15.6. The van der Waals surface area contributed by atoms with Gasteiger partial charge < -0.3 is 4.43 Å². The summed E-state index contributed by atoms with van der Waals surface area (Å²) < 4.78 is 8.05. The zero-order valence-corrected chi connectivity index (χ0v) is 21.7. The minimum absolute atomic E-state index is 0.0427. The van der Waals surface area contributed by atoms with E-state index >= 15 is 0 Å². The van der Waals surface area contributed by atoms with E-state index in [-0.39, 0.29) is 10.8 Å². The highest BCUT2D eigenvalue weighted by Crippen LogP contribution is 2.36. The topological polar surface area (TPSA) is 44.1 Å². The number of benzene rings is 1. The van der Waals surface area contributed by atoms with Gasteiger partial charge in [-0.2, -0.15) is 5.10 Å². The Morgan fingerprint density at radius 3 is 2.45 bits per heavy atom. The van der Waals surface area contributed by atoms with Gasteiger partial charge in [0.15, 0.2) is 14.1 Å². The molecule has 0 saturated heterocycles. The molecule has 0 radical (unpaired) electrons. The van der Waals surface area contributed by atoms with Crippen LogP contribution in [0.25, 0.3) is 16.3 Å². The fourth-order valence-corrected chi connectivity index (χ4v) is 5.06. The third kappa shape index (κ3) is 5.74. The van der Waals surface area contributed by atoms with Gasteiger partial charge in [-0.3, -0.25) is 4.79 Å². The zero-order chi connectivity index (χ0) is 22.8. The molecule has 0 saturated carbocycles. The SMILES string of the molecule is Cc1csc(-c2cc(C(=O)CCCO[Si](C)(C)C(C)(C)C)nn2-c2ccc(Cl)cc2)c1. The first-order valence-electron chi connectivity index (χ1n) is 10.6. The maximum atomic E-state index is 12.9. The molecule has 0 bridgehead atoms. The predicted octanol–water partition coefficient (Wildman–Crippen LogP) is 7.55. The highest BCUT2D eigenvalue weighted by atomic mass is 35.5. The molecule has 0 fully saturated rings. The highest BCUT2D eigenvalue weighted by molar-refractivity contribution is 7.13. The summed E-state index contributed by atoms with van der Waals surface area (Å²) in [5.41, 5.74) is 3.48. The Bertz CT molecular complexity index is 1050. The molecule has 166 valence electrons. The Hall–Kier alpha value is -1.73. The first kappa shape index (κ1) is 23.9. The number of thiophene rings is 1. The lowest BCUT2D eigenvalue weighted by Gasteiger charge is -2.36.